The fraction of sp³-hybridized carbons (Fsp3) is 0.250. The average molecular weight is 307 g/mol. The zero-order valence-electron chi connectivity index (χ0n) is 11.6. The minimum Gasteiger partial charge on any atom is -0.758 e. The SMILES string of the molecule is CC1(C)C=C([N+](=O)[O-])C=C(c2cc([N+](=O)[O-])cc[n+]2[O-])N1[O-]. The van der Waals surface area contributed by atoms with Gasteiger partial charge in [0, 0.05) is 17.7 Å². The van der Waals surface area contributed by atoms with Crippen molar-refractivity contribution in [3.8, 4) is 0 Å². The van der Waals surface area contributed by atoms with E-state index in [1.807, 2.05) is 0 Å². The Hall–Kier alpha value is -3.01. The number of rotatable bonds is 3. The maximum absolute atomic E-state index is 12.3. The molecule has 0 fully saturated rings. The third-order valence-electron chi connectivity index (χ3n) is 3.11. The number of hydroxylamine groups is 2. The second kappa shape index (κ2) is 5.07. The van der Waals surface area contributed by atoms with Crippen molar-refractivity contribution in [3.63, 3.8) is 0 Å². The van der Waals surface area contributed by atoms with Crippen molar-refractivity contribution in [2.75, 3.05) is 0 Å². The molecule has 2 rings (SSSR count). The molecule has 1 aliphatic rings. The Bertz CT molecular complexity index is 724. The van der Waals surface area contributed by atoms with Crippen LogP contribution in [0.2, 0.25) is 0 Å². The molecule has 0 bridgehead atoms. The van der Waals surface area contributed by atoms with E-state index in [2.05, 4.69) is 0 Å². The lowest BCUT2D eigenvalue weighted by atomic mass is 9.97. The van der Waals surface area contributed by atoms with Crippen molar-refractivity contribution >= 4 is 11.4 Å². The van der Waals surface area contributed by atoms with Crippen LogP contribution in [-0.2, 0) is 0 Å². The molecule has 116 valence electrons. The molecular formula is C12H11N4O6-. The van der Waals surface area contributed by atoms with Crippen molar-refractivity contribution in [1.29, 1.82) is 0 Å². The molecule has 0 atom stereocenters. The van der Waals surface area contributed by atoms with Gasteiger partial charge in [-0.05, 0) is 13.8 Å². The van der Waals surface area contributed by atoms with E-state index in [4.69, 9.17) is 0 Å². The topological polar surface area (TPSA) is 140 Å². The number of nitrogens with zero attached hydrogens (tertiary/aromatic N) is 4. The van der Waals surface area contributed by atoms with Crippen LogP contribution in [0.15, 0.2) is 36.2 Å². The summed E-state index contributed by atoms with van der Waals surface area (Å²) in [5.41, 5.74) is -2.67. The molecule has 1 aromatic heterocycles. The monoisotopic (exact) mass is 307 g/mol. The van der Waals surface area contributed by atoms with Gasteiger partial charge in [-0.2, -0.15) is 4.73 Å². The van der Waals surface area contributed by atoms with Gasteiger partial charge in [0.2, 0.25) is 5.69 Å². The van der Waals surface area contributed by atoms with Crippen LogP contribution in [0.3, 0.4) is 0 Å². The molecule has 0 saturated carbocycles. The summed E-state index contributed by atoms with van der Waals surface area (Å²) in [5.74, 6) is 0. The molecule has 0 aliphatic carbocycles. The first-order valence-corrected chi connectivity index (χ1v) is 6.08. The van der Waals surface area contributed by atoms with E-state index in [1.165, 1.54) is 13.8 Å². The van der Waals surface area contributed by atoms with Crippen LogP contribution < -0.4 is 4.73 Å². The van der Waals surface area contributed by atoms with E-state index in [0.717, 1.165) is 30.5 Å². The van der Waals surface area contributed by atoms with Gasteiger partial charge in [-0.3, -0.25) is 20.2 Å². The van der Waals surface area contributed by atoms with E-state index in [-0.39, 0.29) is 21.8 Å². The van der Waals surface area contributed by atoms with Crippen LogP contribution in [-0.4, -0.2) is 20.4 Å². The fourth-order valence-electron chi connectivity index (χ4n) is 2.03. The summed E-state index contributed by atoms with van der Waals surface area (Å²) in [5, 5.41) is 46.3. The molecule has 10 nitrogen and oxygen atoms in total. The number of hydrogen-bond acceptors (Lipinski definition) is 7. The maximum atomic E-state index is 12.3. The van der Waals surface area contributed by atoms with Gasteiger partial charge < -0.3 is 15.5 Å². The highest BCUT2D eigenvalue weighted by molar-refractivity contribution is 5.66. The highest BCUT2D eigenvalue weighted by Gasteiger charge is 2.33. The predicted octanol–water partition coefficient (Wildman–Crippen LogP) is 1.32. The summed E-state index contributed by atoms with van der Waals surface area (Å²) in [6.07, 6.45) is 2.95. The van der Waals surface area contributed by atoms with Crippen LogP contribution in [0.1, 0.15) is 19.5 Å². The first-order chi connectivity index (χ1) is 10.1. The van der Waals surface area contributed by atoms with Crippen molar-refractivity contribution in [3.05, 3.63) is 72.5 Å². The van der Waals surface area contributed by atoms with Gasteiger partial charge in [-0.1, -0.05) is 0 Å². The van der Waals surface area contributed by atoms with Crippen LogP contribution >= 0.6 is 0 Å². The minimum absolute atomic E-state index is 0.253. The number of allylic oxidation sites excluding steroid dienone is 1. The predicted molar refractivity (Wildman–Crippen MR) is 74.4 cm³/mol. The van der Waals surface area contributed by atoms with Crippen LogP contribution in [0.5, 0.6) is 0 Å². The Morgan fingerprint density at radius 3 is 2.41 bits per heavy atom. The summed E-state index contributed by atoms with van der Waals surface area (Å²) in [4.78, 5) is 20.3. The molecule has 0 spiro atoms. The Balaban J connectivity index is 2.64. The van der Waals surface area contributed by atoms with Crippen molar-refractivity contribution in [2.45, 2.75) is 19.4 Å². The van der Waals surface area contributed by atoms with Gasteiger partial charge in [-0.25, -0.2) is 0 Å². The molecule has 22 heavy (non-hydrogen) atoms. The number of aromatic nitrogens is 1. The lowest BCUT2D eigenvalue weighted by molar-refractivity contribution is -0.609. The van der Waals surface area contributed by atoms with Crippen molar-refractivity contribution in [1.82, 2.24) is 5.06 Å². The summed E-state index contributed by atoms with van der Waals surface area (Å²) < 4.78 is 0.253. The molecule has 0 aromatic carbocycles. The first kappa shape index (κ1) is 15.4. The van der Waals surface area contributed by atoms with E-state index in [0.29, 0.717) is 5.06 Å². The molecule has 1 aliphatic heterocycles. The lowest BCUT2D eigenvalue weighted by Gasteiger charge is -2.45. The third kappa shape index (κ3) is 2.59. The van der Waals surface area contributed by atoms with Crippen LogP contribution in [0, 0.1) is 30.6 Å². The minimum atomic E-state index is -1.27. The molecule has 0 saturated heterocycles. The zero-order valence-corrected chi connectivity index (χ0v) is 11.6. The summed E-state index contributed by atoms with van der Waals surface area (Å²) in [7, 11) is 0. The van der Waals surface area contributed by atoms with Crippen LogP contribution in [0.25, 0.3) is 5.70 Å². The molecule has 0 unspecified atom stereocenters. The van der Waals surface area contributed by atoms with E-state index in [1.54, 1.807) is 0 Å². The van der Waals surface area contributed by atoms with Crippen LogP contribution in [0.4, 0.5) is 5.69 Å². The molecule has 2 heterocycles. The third-order valence-corrected chi connectivity index (χ3v) is 3.11. The maximum Gasteiger partial charge on any atom is 0.282 e. The second-order valence-corrected chi connectivity index (χ2v) is 5.16. The summed E-state index contributed by atoms with van der Waals surface area (Å²) in [6.45, 7) is 2.87. The molecule has 10 heteroatoms. The number of nitro groups is 2. The van der Waals surface area contributed by atoms with Gasteiger partial charge in [0.1, 0.15) is 5.70 Å². The number of hydrogen-bond donors (Lipinski definition) is 0. The van der Waals surface area contributed by atoms with Gasteiger partial charge in [-0.15, -0.1) is 0 Å². The highest BCUT2D eigenvalue weighted by atomic mass is 16.6. The van der Waals surface area contributed by atoms with Crippen molar-refractivity contribution < 1.29 is 14.6 Å². The fourth-order valence-corrected chi connectivity index (χ4v) is 2.03. The standard InChI is InChI=1S/C12H11N4O6/c1-12(2)7-9(16(21)22)6-11(14(12)18)10-5-8(15(19)20)3-4-13(10)17/h3-7H,1-2H3/q-1. The summed E-state index contributed by atoms with van der Waals surface area (Å²) in [6, 6.07) is 1.88. The Labute approximate surface area is 124 Å². The van der Waals surface area contributed by atoms with Gasteiger partial charge in [0.15, 0.2) is 6.20 Å². The Morgan fingerprint density at radius 1 is 1.23 bits per heavy atom. The smallest absolute Gasteiger partial charge is 0.282 e. The lowest BCUT2D eigenvalue weighted by Crippen LogP contribution is -2.43. The molecule has 0 amide bonds. The zero-order chi connectivity index (χ0) is 16.7. The number of pyridine rings is 1. The van der Waals surface area contributed by atoms with E-state index < -0.39 is 21.1 Å². The second-order valence-electron chi connectivity index (χ2n) is 5.16. The highest BCUT2D eigenvalue weighted by Crippen LogP contribution is 2.33. The first-order valence-electron chi connectivity index (χ1n) is 6.08. The summed E-state index contributed by atoms with van der Waals surface area (Å²) >= 11 is 0. The van der Waals surface area contributed by atoms with E-state index in [9.17, 15) is 30.6 Å². The van der Waals surface area contributed by atoms with E-state index >= 15 is 0 Å². The largest absolute Gasteiger partial charge is 0.758 e. The van der Waals surface area contributed by atoms with Gasteiger partial charge >= 0.3 is 0 Å². The Morgan fingerprint density at radius 2 is 1.86 bits per heavy atom. The molecular weight excluding hydrogens is 296 g/mol. The quantitative estimate of drug-likeness (QED) is 0.355. The molecule has 0 radical (unpaired) electrons. The normalized spacial score (nSPS) is 16.8. The molecule has 1 aromatic rings. The molecule has 0 N–H and O–H groups in total. The Kier molecular flexibility index (Phi) is 3.55. The average Bonchev–Trinajstić information content (AvgIpc) is 2.42. The van der Waals surface area contributed by atoms with Gasteiger partial charge in [0.05, 0.1) is 22.0 Å². The van der Waals surface area contributed by atoms with Gasteiger partial charge in [0.25, 0.3) is 11.4 Å². The van der Waals surface area contributed by atoms with Crippen molar-refractivity contribution in [2.24, 2.45) is 0 Å².